The molecule has 6 heteroatoms. The Hall–Kier alpha value is -3.54. The van der Waals surface area contributed by atoms with E-state index in [0.29, 0.717) is 5.75 Å². The van der Waals surface area contributed by atoms with E-state index in [9.17, 15) is 4.79 Å². The summed E-state index contributed by atoms with van der Waals surface area (Å²) in [4.78, 5) is 12.0. The predicted molar refractivity (Wildman–Crippen MR) is 114 cm³/mol. The molecule has 2 aromatic carbocycles. The van der Waals surface area contributed by atoms with Gasteiger partial charge < -0.3 is 14.0 Å². The van der Waals surface area contributed by atoms with Crippen LogP contribution in [0.5, 0.6) is 11.5 Å². The van der Waals surface area contributed by atoms with Crippen molar-refractivity contribution in [3.63, 3.8) is 0 Å². The fraction of sp³-hybridized carbons (Fsp3) is 0.217. The van der Waals surface area contributed by atoms with Crippen molar-refractivity contribution in [3.05, 3.63) is 77.1 Å². The summed E-state index contributed by atoms with van der Waals surface area (Å²) >= 11 is 0. The minimum absolute atomic E-state index is 0.119. The Morgan fingerprint density at radius 3 is 2.45 bits per heavy atom. The van der Waals surface area contributed by atoms with Crippen LogP contribution in [0.3, 0.4) is 0 Å². The first-order chi connectivity index (χ1) is 14.0. The van der Waals surface area contributed by atoms with E-state index in [1.165, 1.54) is 5.56 Å². The van der Waals surface area contributed by atoms with E-state index in [0.717, 1.165) is 28.4 Å². The van der Waals surface area contributed by atoms with Crippen molar-refractivity contribution < 1.29 is 14.3 Å². The molecule has 0 aliphatic rings. The Bertz CT molecular complexity index is 1020. The number of amides is 1. The molecule has 1 N–H and O–H groups in total. The van der Waals surface area contributed by atoms with Gasteiger partial charge in [0.15, 0.2) is 6.61 Å². The zero-order chi connectivity index (χ0) is 20.8. The fourth-order valence-electron chi connectivity index (χ4n) is 3.13. The lowest BCUT2D eigenvalue weighted by molar-refractivity contribution is -0.123. The lowest BCUT2D eigenvalue weighted by Gasteiger charge is -2.12. The van der Waals surface area contributed by atoms with E-state index in [1.54, 1.807) is 37.6 Å². The Balaban J connectivity index is 1.61. The Kier molecular flexibility index (Phi) is 6.34. The molecule has 1 amide bonds. The lowest BCUT2D eigenvalue weighted by Crippen LogP contribution is -2.24. The molecule has 1 heterocycles. The van der Waals surface area contributed by atoms with Gasteiger partial charge in [0.25, 0.3) is 5.91 Å². The minimum atomic E-state index is -0.329. The highest BCUT2D eigenvalue weighted by molar-refractivity contribution is 5.84. The first kappa shape index (κ1) is 20.2. The third-order valence-corrected chi connectivity index (χ3v) is 4.65. The number of hydrogen-bond donors (Lipinski definition) is 1. The van der Waals surface area contributed by atoms with Crippen molar-refractivity contribution in [3.8, 4) is 17.2 Å². The molecular weight excluding hydrogens is 366 g/mol. The average Bonchev–Trinajstić information content (AvgIpc) is 3.00. The van der Waals surface area contributed by atoms with Crippen LogP contribution in [0.15, 0.2) is 59.7 Å². The van der Waals surface area contributed by atoms with Crippen molar-refractivity contribution in [2.45, 2.75) is 20.8 Å². The summed E-state index contributed by atoms with van der Waals surface area (Å²) in [7, 11) is 1.60. The fourth-order valence-corrected chi connectivity index (χ4v) is 3.13. The van der Waals surface area contributed by atoms with Crippen LogP contribution in [-0.2, 0) is 4.79 Å². The summed E-state index contributed by atoms with van der Waals surface area (Å²) < 4.78 is 12.7. The van der Waals surface area contributed by atoms with Crippen LogP contribution in [0, 0.1) is 20.8 Å². The monoisotopic (exact) mass is 391 g/mol. The van der Waals surface area contributed by atoms with Gasteiger partial charge in [0.05, 0.1) is 13.3 Å². The van der Waals surface area contributed by atoms with E-state index >= 15 is 0 Å². The Labute approximate surface area is 170 Å². The minimum Gasteiger partial charge on any atom is -0.497 e. The quantitative estimate of drug-likeness (QED) is 0.490. The SMILES string of the molecule is COc1ccc(OCC(=O)N/N=C\c2cc(C)n(-c3ccccc3C)c2C)cc1. The molecule has 0 saturated carbocycles. The van der Waals surface area contributed by atoms with E-state index in [2.05, 4.69) is 41.1 Å². The first-order valence-electron chi connectivity index (χ1n) is 9.33. The summed E-state index contributed by atoms with van der Waals surface area (Å²) in [5.41, 5.74) is 7.95. The predicted octanol–water partition coefficient (Wildman–Crippen LogP) is 3.94. The second-order valence-corrected chi connectivity index (χ2v) is 6.71. The molecule has 6 nitrogen and oxygen atoms in total. The number of aryl methyl sites for hydroxylation is 2. The molecule has 0 unspecified atom stereocenters. The van der Waals surface area contributed by atoms with Gasteiger partial charge in [-0.2, -0.15) is 5.10 Å². The van der Waals surface area contributed by atoms with Crippen LogP contribution in [-0.4, -0.2) is 30.4 Å². The highest BCUT2D eigenvalue weighted by atomic mass is 16.5. The summed E-state index contributed by atoms with van der Waals surface area (Å²) in [6.45, 7) is 6.06. The molecule has 0 fully saturated rings. The number of nitrogens with one attached hydrogen (secondary N) is 1. The molecule has 3 aromatic rings. The molecule has 1 aromatic heterocycles. The van der Waals surface area contributed by atoms with Crippen molar-refractivity contribution in [1.82, 2.24) is 9.99 Å². The summed E-state index contributed by atoms with van der Waals surface area (Å²) in [5, 5.41) is 4.07. The Morgan fingerprint density at radius 1 is 1.07 bits per heavy atom. The third kappa shape index (κ3) is 4.85. The number of ether oxygens (including phenoxy) is 2. The van der Waals surface area contributed by atoms with Crippen molar-refractivity contribution in [1.29, 1.82) is 0 Å². The molecule has 3 rings (SSSR count). The molecule has 150 valence electrons. The Morgan fingerprint density at radius 2 is 1.76 bits per heavy atom. The first-order valence-corrected chi connectivity index (χ1v) is 9.33. The maximum absolute atomic E-state index is 12.0. The van der Waals surface area contributed by atoms with Gasteiger partial charge in [0, 0.05) is 22.6 Å². The van der Waals surface area contributed by atoms with Gasteiger partial charge in [-0.15, -0.1) is 0 Å². The van der Waals surface area contributed by atoms with Gasteiger partial charge in [0.2, 0.25) is 0 Å². The summed E-state index contributed by atoms with van der Waals surface area (Å²) in [6.07, 6.45) is 1.66. The van der Waals surface area contributed by atoms with Gasteiger partial charge in [-0.1, -0.05) is 18.2 Å². The van der Waals surface area contributed by atoms with Crippen LogP contribution in [0.1, 0.15) is 22.5 Å². The summed E-state index contributed by atoms with van der Waals surface area (Å²) in [6, 6.07) is 17.3. The molecule has 0 atom stereocenters. The molecule has 0 spiro atoms. The van der Waals surface area contributed by atoms with Crippen LogP contribution in [0.4, 0.5) is 0 Å². The molecule has 0 bridgehead atoms. The number of aromatic nitrogens is 1. The van der Waals surface area contributed by atoms with Gasteiger partial charge in [-0.05, 0) is 62.7 Å². The second-order valence-electron chi connectivity index (χ2n) is 6.71. The molecule has 0 radical (unpaired) electrons. The lowest BCUT2D eigenvalue weighted by atomic mass is 10.2. The molecule has 0 aliphatic carbocycles. The van der Waals surface area contributed by atoms with Crippen LogP contribution in [0.25, 0.3) is 5.69 Å². The zero-order valence-electron chi connectivity index (χ0n) is 17.1. The number of carbonyl (C=O) groups excluding carboxylic acids is 1. The van der Waals surface area contributed by atoms with Crippen LogP contribution in [0.2, 0.25) is 0 Å². The van der Waals surface area contributed by atoms with Gasteiger partial charge in [-0.3, -0.25) is 4.79 Å². The second kappa shape index (κ2) is 9.10. The number of methoxy groups -OCH3 is 1. The van der Waals surface area contributed by atoms with E-state index < -0.39 is 0 Å². The van der Waals surface area contributed by atoms with Crippen molar-refractivity contribution >= 4 is 12.1 Å². The standard InChI is InChI=1S/C23H25N3O3/c1-16-7-5-6-8-22(16)26-17(2)13-19(18(26)3)14-24-25-23(27)15-29-21-11-9-20(28-4)10-12-21/h5-14H,15H2,1-4H3,(H,25,27)/b24-14-. The number of hydrazone groups is 1. The van der Waals surface area contributed by atoms with Gasteiger partial charge >= 0.3 is 0 Å². The number of rotatable bonds is 7. The zero-order valence-corrected chi connectivity index (χ0v) is 17.1. The van der Waals surface area contributed by atoms with E-state index in [4.69, 9.17) is 9.47 Å². The number of benzene rings is 2. The van der Waals surface area contributed by atoms with Crippen LogP contribution >= 0.6 is 0 Å². The number of nitrogens with zero attached hydrogens (tertiary/aromatic N) is 2. The third-order valence-electron chi connectivity index (χ3n) is 4.65. The topological polar surface area (TPSA) is 64.8 Å². The van der Waals surface area contributed by atoms with Gasteiger partial charge in [0.1, 0.15) is 11.5 Å². The number of hydrogen-bond acceptors (Lipinski definition) is 4. The van der Waals surface area contributed by atoms with E-state index in [-0.39, 0.29) is 12.5 Å². The van der Waals surface area contributed by atoms with Crippen molar-refractivity contribution in [2.75, 3.05) is 13.7 Å². The maximum Gasteiger partial charge on any atom is 0.277 e. The average molecular weight is 391 g/mol. The molecular formula is C23H25N3O3. The molecule has 0 saturated heterocycles. The summed E-state index contributed by atoms with van der Waals surface area (Å²) in [5.74, 6) is 0.992. The highest BCUT2D eigenvalue weighted by Gasteiger charge is 2.11. The highest BCUT2D eigenvalue weighted by Crippen LogP contribution is 2.22. The number of para-hydroxylation sites is 1. The molecule has 29 heavy (non-hydrogen) atoms. The smallest absolute Gasteiger partial charge is 0.277 e. The number of carbonyl (C=O) groups is 1. The normalized spacial score (nSPS) is 10.9. The maximum atomic E-state index is 12.0. The molecule has 0 aliphatic heterocycles. The largest absolute Gasteiger partial charge is 0.497 e. The van der Waals surface area contributed by atoms with E-state index in [1.807, 2.05) is 25.1 Å². The van der Waals surface area contributed by atoms with Crippen molar-refractivity contribution in [2.24, 2.45) is 5.10 Å². The van der Waals surface area contributed by atoms with Gasteiger partial charge in [-0.25, -0.2) is 5.43 Å². The van der Waals surface area contributed by atoms with Crippen LogP contribution < -0.4 is 14.9 Å².